The Morgan fingerprint density at radius 3 is 1.09 bits per heavy atom. The van der Waals surface area contributed by atoms with Crippen molar-refractivity contribution in [3.05, 3.63) is 0 Å². The number of halogens is 1. The first-order chi connectivity index (χ1) is 16.3. The van der Waals surface area contributed by atoms with Crippen LogP contribution in [0.25, 0.3) is 0 Å². The number of rotatable bonds is 29. The van der Waals surface area contributed by atoms with Crippen LogP contribution in [0.5, 0.6) is 0 Å². The van der Waals surface area contributed by atoms with E-state index in [1.807, 2.05) is 0 Å². The third-order valence-electron chi connectivity index (χ3n) is 4.00. The summed E-state index contributed by atoms with van der Waals surface area (Å²) in [6.07, 6.45) is 4.97. The van der Waals surface area contributed by atoms with E-state index in [9.17, 15) is 4.79 Å². The summed E-state index contributed by atoms with van der Waals surface area (Å²) in [6, 6.07) is 0. The molecule has 11 heteroatoms. The van der Waals surface area contributed by atoms with Gasteiger partial charge in [0.15, 0.2) is 0 Å². The average Bonchev–Trinajstić information content (AvgIpc) is 2.80. The van der Waals surface area contributed by atoms with Gasteiger partial charge in [-0.15, -0.1) is 0 Å². The molecule has 0 aromatic heterocycles. The van der Waals surface area contributed by atoms with Crippen molar-refractivity contribution in [1.82, 2.24) is 0 Å². The predicted octanol–water partition coefficient (Wildman–Crippen LogP) is 2.20. The van der Waals surface area contributed by atoms with Gasteiger partial charge in [-0.05, 0) is 17.3 Å². The molecule has 1 N–H and O–H groups in total. The van der Waals surface area contributed by atoms with Crippen molar-refractivity contribution in [1.29, 1.82) is 0 Å². The number of carboxylic acid groups (broad SMARTS) is 1. The van der Waals surface area contributed by atoms with Gasteiger partial charge >= 0.3 is 5.97 Å². The fourth-order valence-electron chi connectivity index (χ4n) is 2.35. The Morgan fingerprint density at radius 2 is 0.758 bits per heavy atom. The van der Waals surface area contributed by atoms with Gasteiger partial charge in [0.05, 0.1) is 92.5 Å². The lowest BCUT2D eigenvalue weighted by Crippen LogP contribution is -2.15. The normalized spacial score (nSPS) is 11.3. The Labute approximate surface area is 212 Å². The standard InChI is InChI=1S/C22H43IO10/c23-5-3-1-2-4-6-26-7-8-27-9-10-28-11-12-29-13-14-30-15-16-31-17-18-32-19-20-33-21-22(24)25/h1-21H2,(H,24,25). The van der Waals surface area contributed by atoms with Crippen molar-refractivity contribution in [2.45, 2.75) is 25.7 Å². The van der Waals surface area contributed by atoms with Crippen molar-refractivity contribution in [3.8, 4) is 0 Å². The zero-order valence-corrected chi connectivity index (χ0v) is 22.0. The minimum Gasteiger partial charge on any atom is -0.480 e. The van der Waals surface area contributed by atoms with E-state index in [1.165, 1.54) is 23.7 Å². The molecule has 0 atom stereocenters. The van der Waals surface area contributed by atoms with E-state index >= 15 is 0 Å². The number of aliphatic carboxylic acids is 1. The molecule has 198 valence electrons. The summed E-state index contributed by atoms with van der Waals surface area (Å²) >= 11 is 2.41. The van der Waals surface area contributed by atoms with Crippen molar-refractivity contribution in [2.24, 2.45) is 0 Å². The molecule has 0 aromatic carbocycles. The number of hydrogen-bond acceptors (Lipinski definition) is 9. The van der Waals surface area contributed by atoms with E-state index in [1.54, 1.807) is 0 Å². The van der Waals surface area contributed by atoms with Crippen LogP contribution in [0.15, 0.2) is 0 Å². The topological polar surface area (TPSA) is 111 Å². The SMILES string of the molecule is O=C(O)COCCOCCOCCOCCOCCOCCOCCOCCCCCCI. The highest BCUT2D eigenvalue weighted by atomic mass is 127. The quantitative estimate of drug-likeness (QED) is 0.0787. The molecule has 0 heterocycles. The number of unbranched alkanes of at least 4 members (excludes halogenated alkanes) is 3. The molecule has 10 nitrogen and oxygen atoms in total. The molecule has 0 aromatic rings. The predicted molar refractivity (Wildman–Crippen MR) is 132 cm³/mol. The monoisotopic (exact) mass is 594 g/mol. The van der Waals surface area contributed by atoms with Crippen molar-refractivity contribution < 1.29 is 47.8 Å². The highest BCUT2D eigenvalue weighted by molar-refractivity contribution is 14.1. The van der Waals surface area contributed by atoms with Gasteiger partial charge < -0.3 is 43.0 Å². The maximum atomic E-state index is 10.2. The van der Waals surface area contributed by atoms with Gasteiger partial charge in [0.2, 0.25) is 0 Å². The average molecular weight is 594 g/mol. The third kappa shape index (κ3) is 31.9. The van der Waals surface area contributed by atoms with E-state index in [4.69, 9.17) is 43.0 Å². The summed E-state index contributed by atoms with van der Waals surface area (Å²) in [4.78, 5) is 10.2. The lowest BCUT2D eigenvalue weighted by atomic mass is 10.2. The minimum atomic E-state index is -0.988. The summed E-state index contributed by atoms with van der Waals surface area (Å²) < 4.78 is 43.9. The fourth-order valence-corrected chi connectivity index (χ4v) is 2.89. The minimum absolute atomic E-state index is 0.253. The van der Waals surface area contributed by atoms with Gasteiger partial charge in [0.25, 0.3) is 0 Å². The number of carbonyl (C=O) groups is 1. The van der Waals surface area contributed by atoms with Crippen molar-refractivity contribution >= 4 is 28.6 Å². The Hall–Kier alpha value is -0.120. The van der Waals surface area contributed by atoms with Crippen LogP contribution in [0.4, 0.5) is 0 Å². The third-order valence-corrected chi connectivity index (χ3v) is 4.76. The summed E-state index contributed by atoms with van der Waals surface area (Å²) in [7, 11) is 0. The summed E-state index contributed by atoms with van der Waals surface area (Å²) in [6.45, 7) is 7.36. The van der Waals surface area contributed by atoms with E-state index in [-0.39, 0.29) is 13.2 Å². The Balaban J connectivity index is 3.01. The highest BCUT2D eigenvalue weighted by Gasteiger charge is 1.97. The second kappa shape index (κ2) is 29.9. The van der Waals surface area contributed by atoms with Crippen molar-refractivity contribution in [3.63, 3.8) is 0 Å². The van der Waals surface area contributed by atoms with E-state index in [0.717, 1.165) is 13.0 Å². The molecule has 0 fully saturated rings. The lowest BCUT2D eigenvalue weighted by Gasteiger charge is -2.08. The maximum Gasteiger partial charge on any atom is 0.329 e. The zero-order valence-electron chi connectivity index (χ0n) is 19.8. The molecule has 33 heavy (non-hydrogen) atoms. The molecule has 0 unspecified atom stereocenters. The molecule has 0 aliphatic heterocycles. The van der Waals surface area contributed by atoms with Crippen LogP contribution >= 0.6 is 22.6 Å². The van der Waals surface area contributed by atoms with Crippen molar-refractivity contribution in [2.75, 3.05) is 110 Å². The first-order valence-corrected chi connectivity index (χ1v) is 13.2. The molecule has 0 bridgehead atoms. The Morgan fingerprint density at radius 1 is 0.455 bits per heavy atom. The van der Waals surface area contributed by atoms with Gasteiger partial charge in [-0.25, -0.2) is 4.79 Å². The molecule has 0 saturated carbocycles. The molecule has 0 aliphatic rings. The second-order valence-corrected chi connectivity index (χ2v) is 7.91. The molecule has 0 aliphatic carbocycles. The largest absolute Gasteiger partial charge is 0.480 e. The summed E-state index contributed by atoms with van der Waals surface area (Å²) in [5.74, 6) is -0.988. The molecule has 0 rings (SSSR count). The van der Waals surface area contributed by atoms with Crippen LogP contribution in [0.1, 0.15) is 25.7 Å². The van der Waals surface area contributed by atoms with Gasteiger partial charge in [-0.2, -0.15) is 0 Å². The van der Waals surface area contributed by atoms with E-state index in [2.05, 4.69) is 22.6 Å². The van der Waals surface area contributed by atoms with Crippen LogP contribution in [-0.4, -0.2) is 121 Å². The van der Waals surface area contributed by atoms with Gasteiger partial charge in [-0.3, -0.25) is 0 Å². The fraction of sp³-hybridized carbons (Fsp3) is 0.955. The Kier molecular flexibility index (Phi) is 29.8. The first kappa shape index (κ1) is 32.9. The molecule has 0 spiro atoms. The summed E-state index contributed by atoms with van der Waals surface area (Å²) in [5, 5.41) is 8.39. The maximum absolute atomic E-state index is 10.2. The second-order valence-electron chi connectivity index (χ2n) is 6.84. The van der Waals surface area contributed by atoms with Crippen LogP contribution < -0.4 is 0 Å². The molecule has 0 radical (unpaired) electrons. The highest BCUT2D eigenvalue weighted by Crippen LogP contribution is 2.02. The van der Waals surface area contributed by atoms with Gasteiger partial charge in [0.1, 0.15) is 6.61 Å². The number of ether oxygens (including phenoxy) is 8. The zero-order chi connectivity index (χ0) is 24.1. The molecule has 0 saturated heterocycles. The molecule has 0 amide bonds. The smallest absolute Gasteiger partial charge is 0.329 e. The van der Waals surface area contributed by atoms with Crippen LogP contribution in [0.2, 0.25) is 0 Å². The van der Waals surface area contributed by atoms with Crippen LogP contribution in [0, 0.1) is 0 Å². The van der Waals surface area contributed by atoms with Crippen LogP contribution in [0.3, 0.4) is 0 Å². The number of alkyl halides is 1. The number of carboxylic acids is 1. The van der Waals surface area contributed by atoms with E-state index in [0.29, 0.717) is 85.9 Å². The lowest BCUT2D eigenvalue weighted by molar-refractivity contribution is -0.142. The van der Waals surface area contributed by atoms with E-state index < -0.39 is 5.97 Å². The number of hydrogen-bond donors (Lipinski definition) is 1. The van der Waals surface area contributed by atoms with Gasteiger partial charge in [0, 0.05) is 6.61 Å². The Bertz CT molecular complexity index is 390. The molecular formula is C22H43IO10. The summed E-state index contributed by atoms with van der Waals surface area (Å²) in [5.41, 5.74) is 0. The van der Waals surface area contributed by atoms with Crippen LogP contribution in [-0.2, 0) is 42.7 Å². The first-order valence-electron chi connectivity index (χ1n) is 11.7. The van der Waals surface area contributed by atoms with Gasteiger partial charge in [-0.1, -0.05) is 35.4 Å². The molecular weight excluding hydrogens is 551 g/mol.